The molecule has 0 saturated carbocycles. The van der Waals surface area contributed by atoms with Gasteiger partial charge in [0.2, 0.25) is 0 Å². The van der Waals surface area contributed by atoms with Crippen molar-refractivity contribution in [1.29, 1.82) is 0 Å². The van der Waals surface area contributed by atoms with Crippen molar-refractivity contribution in [2.75, 3.05) is 44.5 Å². The first-order valence-corrected chi connectivity index (χ1v) is 19.7. The molecule has 0 aromatic heterocycles. The third-order valence-electron chi connectivity index (χ3n) is 16.2. The summed E-state index contributed by atoms with van der Waals surface area (Å²) in [7, 11) is 2.94. The van der Waals surface area contributed by atoms with Gasteiger partial charge in [0.25, 0.3) is 0 Å². The van der Waals surface area contributed by atoms with E-state index in [0.717, 1.165) is 78.6 Å². The Labute approximate surface area is 308 Å². The molecule has 2 unspecified atom stereocenters. The molecule has 11 nitrogen and oxygen atoms in total. The van der Waals surface area contributed by atoms with E-state index in [1.807, 2.05) is 6.07 Å². The van der Waals surface area contributed by atoms with E-state index in [1.165, 1.54) is 25.3 Å². The minimum Gasteiger partial charge on any atom is -0.485 e. The standard InChI is InChI=1S/C42H46N4O7/c1-5-39-17-21(35(48)50-3)31-41(23-9-7-8-10-25(23)43-31)12-14-46(38(39)41)29-20-15-24-26(16-27(20)52-30(29)33(39)47)44-32-22(36(49)51-4)18-40(6-2)34-28(53-34)19-45-13-11-42(24,32)37(40)45/h7-10,15-16,28-30,33-34,37-38,43-44,47H,5-6,11-14,17-19H2,1-4H3/t28-,29-,30+,33-,34-,37?,38?,39-,40-,41+,42+/m1/s1. The van der Waals surface area contributed by atoms with E-state index in [-0.39, 0.29) is 47.7 Å². The smallest absolute Gasteiger partial charge is 0.335 e. The molecule has 10 aliphatic rings. The predicted molar refractivity (Wildman–Crippen MR) is 193 cm³/mol. The number of hydrogen-bond acceptors (Lipinski definition) is 11. The number of carbonyl (C=O) groups excluding carboxylic acids is 2. The van der Waals surface area contributed by atoms with Crippen molar-refractivity contribution in [2.45, 2.75) is 106 Å². The highest BCUT2D eigenvalue weighted by atomic mass is 16.6. The van der Waals surface area contributed by atoms with Crippen LogP contribution in [-0.4, -0.2) is 97.2 Å². The topological polar surface area (TPSA) is 125 Å². The zero-order valence-corrected chi connectivity index (χ0v) is 30.7. The number of aliphatic hydroxyl groups excluding tert-OH is 1. The normalized spacial score (nSPS) is 42.8. The number of para-hydroxylation sites is 1. The molecule has 2 aromatic rings. The summed E-state index contributed by atoms with van der Waals surface area (Å²) in [5.41, 5.74) is 7.11. The molecule has 53 heavy (non-hydrogen) atoms. The highest BCUT2D eigenvalue weighted by Crippen LogP contribution is 2.72. The molecular formula is C42H46N4O7. The number of hydrogen-bond donors (Lipinski definition) is 3. The predicted octanol–water partition coefficient (Wildman–Crippen LogP) is 4.27. The molecule has 2 spiro atoms. The van der Waals surface area contributed by atoms with Crippen LogP contribution >= 0.6 is 0 Å². The second-order valence-corrected chi connectivity index (χ2v) is 17.5. The van der Waals surface area contributed by atoms with Gasteiger partial charge in [-0.2, -0.15) is 0 Å². The first-order chi connectivity index (χ1) is 25.7. The van der Waals surface area contributed by atoms with Crippen molar-refractivity contribution in [3.8, 4) is 5.75 Å². The van der Waals surface area contributed by atoms with E-state index >= 15 is 0 Å². The maximum Gasteiger partial charge on any atom is 0.335 e. The van der Waals surface area contributed by atoms with Crippen LogP contribution in [0.4, 0.5) is 11.4 Å². The number of nitrogens with one attached hydrogen (secondary N) is 2. The fraction of sp³-hybridized carbons (Fsp3) is 0.571. The van der Waals surface area contributed by atoms with Crippen LogP contribution in [0.5, 0.6) is 5.75 Å². The number of rotatable bonds is 4. The van der Waals surface area contributed by atoms with Crippen molar-refractivity contribution in [3.63, 3.8) is 0 Å². The average Bonchev–Trinajstić information content (AvgIpc) is 3.53. The van der Waals surface area contributed by atoms with E-state index in [1.54, 1.807) is 0 Å². The molecule has 3 N–H and O–H groups in total. The van der Waals surface area contributed by atoms with Crippen molar-refractivity contribution in [2.24, 2.45) is 10.8 Å². The Balaban J connectivity index is 1.05. The molecular weight excluding hydrogens is 672 g/mol. The number of anilines is 2. The lowest BCUT2D eigenvalue weighted by atomic mass is 9.51. The Kier molecular flexibility index (Phi) is 5.84. The molecule has 0 amide bonds. The summed E-state index contributed by atoms with van der Waals surface area (Å²) < 4.78 is 24.3. The van der Waals surface area contributed by atoms with E-state index < -0.39 is 28.5 Å². The SMILES string of the molecule is CC[C@]12CC(C(=O)OC)=C3Nc4ccccc4[C@@]34CCN(C14)[C@@H]1c3cc4c(cc3O[C@@H]1[C@H]2O)NC1=C(C(=O)OC)C[C@@]2(CC)C3N(CC[C@@]143)C[C@H]1O[C@H]12. The Morgan fingerprint density at radius 1 is 0.887 bits per heavy atom. The number of carbonyl (C=O) groups is 2. The summed E-state index contributed by atoms with van der Waals surface area (Å²) in [6, 6.07) is 12.9. The third-order valence-corrected chi connectivity index (χ3v) is 16.2. The monoisotopic (exact) mass is 718 g/mol. The third kappa shape index (κ3) is 3.26. The van der Waals surface area contributed by atoms with Crippen LogP contribution in [0.1, 0.15) is 75.1 Å². The number of methoxy groups -OCH3 is 2. The van der Waals surface area contributed by atoms with E-state index in [4.69, 9.17) is 18.9 Å². The second kappa shape index (κ2) is 9.85. The molecule has 11 atom stereocenters. The summed E-state index contributed by atoms with van der Waals surface area (Å²) in [6.45, 7) is 7.08. The molecule has 276 valence electrons. The van der Waals surface area contributed by atoms with Gasteiger partial charge < -0.3 is 34.7 Å². The maximum absolute atomic E-state index is 13.7. The first-order valence-electron chi connectivity index (χ1n) is 19.7. The Bertz CT molecular complexity index is 2150. The van der Waals surface area contributed by atoms with Gasteiger partial charge in [-0.15, -0.1) is 0 Å². The van der Waals surface area contributed by atoms with Crippen molar-refractivity contribution in [1.82, 2.24) is 9.80 Å². The largest absolute Gasteiger partial charge is 0.485 e. The van der Waals surface area contributed by atoms with E-state index in [0.29, 0.717) is 24.8 Å². The highest BCUT2D eigenvalue weighted by molar-refractivity contribution is 5.94. The van der Waals surface area contributed by atoms with Crippen LogP contribution in [0.3, 0.4) is 0 Å². The van der Waals surface area contributed by atoms with E-state index in [9.17, 15) is 14.7 Å². The van der Waals surface area contributed by atoms with Crippen LogP contribution in [0.2, 0.25) is 0 Å². The fourth-order valence-corrected chi connectivity index (χ4v) is 14.4. The van der Waals surface area contributed by atoms with Crippen molar-refractivity contribution in [3.05, 3.63) is 75.6 Å². The second-order valence-electron chi connectivity index (χ2n) is 17.5. The number of benzene rings is 2. The highest BCUT2D eigenvalue weighted by Gasteiger charge is 2.76. The van der Waals surface area contributed by atoms with Crippen LogP contribution in [0.15, 0.2) is 58.9 Å². The van der Waals surface area contributed by atoms with Gasteiger partial charge in [0.05, 0.1) is 54.4 Å². The summed E-state index contributed by atoms with van der Waals surface area (Å²) in [4.78, 5) is 32.6. The Morgan fingerprint density at radius 2 is 1.57 bits per heavy atom. The molecule has 11 heteroatoms. The minimum atomic E-state index is -0.830. The molecule has 2 aromatic carbocycles. The molecule has 12 rings (SSSR count). The Hall–Kier alpha value is -3.90. The number of ether oxygens (including phenoxy) is 4. The lowest BCUT2D eigenvalue weighted by Crippen LogP contribution is -2.69. The van der Waals surface area contributed by atoms with Gasteiger partial charge in [-0.3, -0.25) is 9.80 Å². The quantitative estimate of drug-likeness (QED) is 0.310. The molecule has 0 bridgehead atoms. The maximum atomic E-state index is 13.7. The molecule has 5 fully saturated rings. The summed E-state index contributed by atoms with van der Waals surface area (Å²) in [5, 5.41) is 20.3. The van der Waals surface area contributed by atoms with Gasteiger partial charge in [-0.1, -0.05) is 32.0 Å². The number of aliphatic hydroxyl groups is 1. The van der Waals surface area contributed by atoms with Crippen LogP contribution in [0, 0.1) is 10.8 Å². The number of epoxide rings is 1. The van der Waals surface area contributed by atoms with Crippen molar-refractivity contribution < 1.29 is 33.6 Å². The molecule has 8 heterocycles. The van der Waals surface area contributed by atoms with E-state index in [2.05, 4.69) is 64.6 Å². The number of esters is 2. The summed E-state index contributed by atoms with van der Waals surface area (Å²) in [6.07, 6.45) is 3.40. The molecule has 0 radical (unpaired) electrons. The minimum absolute atomic E-state index is 0.0667. The molecule has 2 aliphatic carbocycles. The zero-order chi connectivity index (χ0) is 36.0. The first kappa shape index (κ1) is 31.5. The lowest BCUT2D eigenvalue weighted by Gasteiger charge is -2.60. The van der Waals surface area contributed by atoms with Gasteiger partial charge in [0.15, 0.2) is 0 Å². The fourth-order valence-electron chi connectivity index (χ4n) is 14.4. The Morgan fingerprint density at radius 3 is 2.30 bits per heavy atom. The van der Waals surface area contributed by atoms with Crippen LogP contribution in [0.25, 0.3) is 0 Å². The van der Waals surface area contributed by atoms with Crippen LogP contribution < -0.4 is 15.4 Å². The number of fused-ring (bicyclic) bond motifs is 8. The zero-order valence-electron chi connectivity index (χ0n) is 30.7. The summed E-state index contributed by atoms with van der Waals surface area (Å²) in [5.74, 6) is 0.185. The lowest BCUT2D eigenvalue weighted by molar-refractivity contribution is -0.168. The molecule has 8 aliphatic heterocycles. The van der Waals surface area contributed by atoms with Gasteiger partial charge >= 0.3 is 11.9 Å². The van der Waals surface area contributed by atoms with Gasteiger partial charge in [-0.05, 0) is 68.3 Å². The number of nitrogens with zero attached hydrogens (tertiary/aromatic N) is 2. The average molecular weight is 719 g/mol. The van der Waals surface area contributed by atoms with Crippen molar-refractivity contribution >= 4 is 23.3 Å². The number of piperidine rings is 2. The summed E-state index contributed by atoms with van der Waals surface area (Å²) >= 11 is 0. The molecule has 5 saturated heterocycles. The van der Waals surface area contributed by atoms with Gasteiger partial charge in [0.1, 0.15) is 18.0 Å². The van der Waals surface area contributed by atoms with Crippen LogP contribution in [-0.2, 0) is 34.6 Å². The van der Waals surface area contributed by atoms with Gasteiger partial charge in [0, 0.05) is 70.4 Å². The van der Waals surface area contributed by atoms with Gasteiger partial charge in [-0.25, -0.2) is 9.59 Å².